The molecule has 4 fully saturated rings. The van der Waals surface area contributed by atoms with Crippen LogP contribution in [-0.2, 0) is 23.2 Å². The van der Waals surface area contributed by atoms with Crippen LogP contribution in [0.3, 0.4) is 0 Å². The monoisotopic (exact) mass is 993 g/mol. The van der Waals surface area contributed by atoms with Crippen LogP contribution in [0.15, 0.2) is 82.7 Å². The number of imidazole rings is 1. The van der Waals surface area contributed by atoms with Gasteiger partial charge in [0.15, 0.2) is 18.5 Å². The number of pyridine rings is 2. The van der Waals surface area contributed by atoms with Gasteiger partial charge in [-0.1, -0.05) is 6.07 Å². The summed E-state index contributed by atoms with van der Waals surface area (Å²) >= 11 is 0. The van der Waals surface area contributed by atoms with Gasteiger partial charge < -0.3 is 9.88 Å². The summed E-state index contributed by atoms with van der Waals surface area (Å²) in [6.07, 6.45) is 14.2. The van der Waals surface area contributed by atoms with Crippen molar-refractivity contribution in [2.24, 2.45) is 18.9 Å². The molecular weight excluding hydrogens is 931 g/mol. The predicted molar refractivity (Wildman–Crippen MR) is 277 cm³/mol. The third-order valence-electron chi connectivity index (χ3n) is 16.2. The number of ketones is 1. The number of hydrogen-bond acceptors (Lipinski definition) is 9. The van der Waals surface area contributed by atoms with Crippen molar-refractivity contribution < 1.29 is 27.7 Å². The summed E-state index contributed by atoms with van der Waals surface area (Å²) in [6.45, 7) is 7.81. The maximum Gasteiger partial charge on any atom is 0.330 e. The zero-order chi connectivity index (χ0) is 50.7. The van der Waals surface area contributed by atoms with Crippen LogP contribution in [0.1, 0.15) is 110 Å². The molecule has 2 aliphatic carbocycles. The first-order chi connectivity index (χ1) is 35.3. The van der Waals surface area contributed by atoms with Gasteiger partial charge in [0.05, 0.1) is 16.7 Å². The van der Waals surface area contributed by atoms with E-state index in [1.165, 1.54) is 12.1 Å². The number of nitrogens with zero attached hydrogens (tertiary/aromatic N) is 8. The van der Waals surface area contributed by atoms with E-state index in [1.807, 2.05) is 52.7 Å². The molecule has 6 aromatic rings. The Kier molecular flexibility index (Phi) is 13.2. The molecule has 4 aromatic heterocycles. The number of benzene rings is 2. The standard InChI is InChI=1S/C56H62F2N10O5/c1-34-30-64(31-37-8-11-47-49(24-37)67(41-9-10-41)56(73)68(47)48-12-13-51(70)61-55(48)72)22-23-65(34)32-36-6-4-35(5-7-36)25-50(69)39-26-44(57)53(45(58)27-39)38-15-19-63(20-16-38)33-42-29-43-46(14-18-60-54(43)62(42)3)66-21-17-40(59-2)28-52(66)71/h8,11,14-15,17-18,21,24,26-29,33-36,41,48H,4-7,9-10,12-13,16,19-20,22-23,25,30-32H2,1-3H3,(H-,59,61,70,71,72)/p+1. The molecule has 2 saturated heterocycles. The fourth-order valence-corrected chi connectivity index (χ4v) is 12.0. The van der Waals surface area contributed by atoms with Gasteiger partial charge in [0.2, 0.25) is 11.8 Å². The number of halogens is 2. The highest BCUT2D eigenvalue weighted by molar-refractivity contribution is 6.00. The zero-order valence-electron chi connectivity index (χ0n) is 41.8. The lowest BCUT2D eigenvalue weighted by atomic mass is 9.79. The third kappa shape index (κ3) is 9.64. The number of piperazine rings is 1. The number of aryl methyl sites for hydroxylation is 1. The van der Waals surface area contributed by atoms with E-state index in [0.29, 0.717) is 43.5 Å². The molecule has 2 saturated carbocycles. The number of nitrogens with one attached hydrogen (secondary N) is 2. The van der Waals surface area contributed by atoms with Crippen molar-refractivity contribution in [1.82, 2.24) is 38.4 Å². The number of piperidine rings is 1. The van der Waals surface area contributed by atoms with Crippen LogP contribution < -0.4 is 21.9 Å². The molecule has 2 atom stereocenters. The second-order valence-corrected chi connectivity index (χ2v) is 21.1. The van der Waals surface area contributed by atoms with Crippen LogP contribution in [-0.4, -0.2) is 114 Å². The Morgan fingerprint density at radius 1 is 0.890 bits per heavy atom. The number of aromatic nitrogens is 5. The van der Waals surface area contributed by atoms with E-state index in [0.717, 1.165) is 116 Å². The molecule has 380 valence electrons. The second kappa shape index (κ2) is 19.9. The van der Waals surface area contributed by atoms with Crippen LogP contribution >= 0.6 is 0 Å². The summed E-state index contributed by atoms with van der Waals surface area (Å²) in [7, 11) is 3.69. The van der Waals surface area contributed by atoms with Gasteiger partial charge in [-0.15, -0.1) is 0 Å². The molecular formula is C56H63F2N10O5+. The van der Waals surface area contributed by atoms with Gasteiger partial charge >= 0.3 is 5.69 Å². The number of fused-ring (bicyclic) bond motifs is 2. The fourth-order valence-electron chi connectivity index (χ4n) is 12.0. The lowest BCUT2D eigenvalue weighted by Crippen LogP contribution is -2.52. The lowest BCUT2D eigenvalue weighted by molar-refractivity contribution is -0.514. The molecule has 7 heterocycles. The summed E-state index contributed by atoms with van der Waals surface area (Å²) in [5, 5.41) is 6.23. The molecule has 2 aromatic carbocycles. The van der Waals surface area contributed by atoms with E-state index < -0.39 is 23.6 Å². The fraction of sp³-hybridized carbons (Fsp3) is 0.446. The number of imide groups is 1. The van der Waals surface area contributed by atoms with E-state index in [-0.39, 0.29) is 58.9 Å². The van der Waals surface area contributed by atoms with E-state index >= 15 is 8.78 Å². The highest BCUT2D eigenvalue weighted by Crippen LogP contribution is 2.38. The molecule has 0 bridgehead atoms. The summed E-state index contributed by atoms with van der Waals surface area (Å²) in [5.74, 6) is -1.65. The Bertz CT molecular complexity index is 3350. The summed E-state index contributed by atoms with van der Waals surface area (Å²) in [6, 6.07) is 15.6. The maximum absolute atomic E-state index is 15.8. The summed E-state index contributed by atoms with van der Waals surface area (Å²) in [4.78, 5) is 74.5. The first kappa shape index (κ1) is 48.4. The first-order valence-corrected chi connectivity index (χ1v) is 26.0. The van der Waals surface area contributed by atoms with Gasteiger partial charge in [0.1, 0.15) is 35.6 Å². The van der Waals surface area contributed by atoms with Crippen LogP contribution in [0.5, 0.6) is 0 Å². The Balaban J connectivity index is 0.665. The average Bonchev–Trinajstić information content (AvgIpc) is 4.10. The van der Waals surface area contributed by atoms with Gasteiger partial charge in [-0.05, 0) is 123 Å². The van der Waals surface area contributed by atoms with Crippen molar-refractivity contribution in [2.45, 2.75) is 95.8 Å². The van der Waals surface area contributed by atoms with E-state index in [9.17, 15) is 24.0 Å². The minimum Gasteiger partial charge on any atom is -0.388 e. The van der Waals surface area contributed by atoms with Crippen LogP contribution in [0.25, 0.3) is 33.3 Å². The Labute approximate surface area is 421 Å². The van der Waals surface area contributed by atoms with Crippen molar-refractivity contribution in [3.8, 4) is 5.69 Å². The van der Waals surface area contributed by atoms with E-state index in [2.05, 4.69) is 49.0 Å². The van der Waals surface area contributed by atoms with Crippen molar-refractivity contribution in [2.75, 3.05) is 51.6 Å². The van der Waals surface area contributed by atoms with Gasteiger partial charge in [-0.25, -0.2) is 23.1 Å². The number of anilines is 1. The number of Topliss-reactive ketones (excluding diaryl/α,β-unsaturated/α-hetero) is 1. The van der Waals surface area contributed by atoms with E-state index in [1.54, 1.807) is 34.6 Å². The quantitative estimate of drug-likeness (QED) is 0.0710. The normalized spacial score (nSPS) is 22.8. The van der Waals surface area contributed by atoms with Crippen molar-refractivity contribution >= 4 is 57.1 Å². The molecule has 0 radical (unpaired) electrons. The molecule has 15 nitrogen and oxygen atoms in total. The second-order valence-electron chi connectivity index (χ2n) is 21.1. The number of amides is 2. The smallest absolute Gasteiger partial charge is 0.330 e. The molecule has 17 heteroatoms. The van der Waals surface area contributed by atoms with Crippen LogP contribution in [0.4, 0.5) is 14.5 Å². The first-order valence-electron chi connectivity index (χ1n) is 26.0. The summed E-state index contributed by atoms with van der Waals surface area (Å²) < 4.78 is 40.7. The Morgan fingerprint density at radius 2 is 1.67 bits per heavy atom. The van der Waals surface area contributed by atoms with Gasteiger partial charge in [-0.3, -0.25) is 48.0 Å². The lowest BCUT2D eigenvalue weighted by Gasteiger charge is -2.42. The topological polar surface area (TPSA) is 152 Å². The number of hydrogen-bond donors (Lipinski definition) is 2. The molecule has 2 amide bonds. The molecule has 73 heavy (non-hydrogen) atoms. The SMILES string of the molecule is CNc1ccn(-c2ccnc3c2cc(C=[N+]2CC=C(c4c(F)cc(C(=O)CC5CCC(CN6CCN(Cc7ccc8c(c7)n(C7CC7)c(=O)n8C7CCC(=O)NC7=O)CC6C)CC5)cc4F)CC2)n3C)c(=O)c1. The molecule has 3 aliphatic heterocycles. The highest BCUT2D eigenvalue weighted by Gasteiger charge is 2.36. The van der Waals surface area contributed by atoms with Gasteiger partial charge in [0.25, 0.3) is 5.56 Å². The molecule has 5 aliphatic rings. The van der Waals surface area contributed by atoms with Crippen molar-refractivity contribution in [3.63, 3.8) is 0 Å². The summed E-state index contributed by atoms with van der Waals surface area (Å²) in [5.41, 5.74) is 6.03. The largest absolute Gasteiger partial charge is 0.388 e. The van der Waals surface area contributed by atoms with Crippen LogP contribution in [0, 0.1) is 23.5 Å². The average molecular weight is 994 g/mol. The minimum atomic E-state index is -0.711. The third-order valence-corrected chi connectivity index (χ3v) is 16.2. The predicted octanol–water partition coefficient (Wildman–Crippen LogP) is 6.98. The number of carbonyl (C=O) groups excluding carboxylic acids is 3. The van der Waals surface area contributed by atoms with Crippen molar-refractivity contribution in [3.05, 3.63) is 128 Å². The molecule has 2 unspecified atom stereocenters. The Hall–Kier alpha value is -6.85. The zero-order valence-corrected chi connectivity index (χ0v) is 41.8. The van der Waals surface area contributed by atoms with E-state index in [4.69, 9.17) is 0 Å². The van der Waals surface area contributed by atoms with Crippen LogP contribution in [0.2, 0.25) is 0 Å². The molecule has 2 N–H and O–H groups in total. The Morgan fingerprint density at radius 3 is 2.37 bits per heavy atom. The highest BCUT2D eigenvalue weighted by atomic mass is 19.1. The number of carbonyl (C=O) groups is 3. The van der Waals surface area contributed by atoms with Gasteiger partial charge in [0, 0.05) is 119 Å². The molecule has 11 rings (SSSR count). The maximum atomic E-state index is 15.8. The van der Waals surface area contributed by atoms with Gasteiger partial charge in [-0.2, -0.15) is 0 Å². The van der Waals surface area contributed by atoms with Crippen molar-refractivity contribution in [1.29, 1.82) is 0 Å². The molecule has 0 spiro atoms. The number of rotatable bonds is 13. The minimum absolute atomic E-state index is 0.0684.